The van der Waals surface area contributed by atoms with Crippen LogP contribution in [0.25, 0.3) is 11.1 Å². The van der Waals surface area contributed by atoms with Gasteiger partial charge in [0.2, 0.25) is 0 Å². The molecular weight excluding hydrogens is 327 g/mol. The number of hydrogen-bond donors (Lipinski definition) is 1. The van der Waals surface area contributed by atoms with E-state index in [9.17, 15) is 0 Å². The van der Waals surface area contributed by atoms with Crippen molar-refractivity contribution >= 4 is 17.4 Å². The number of hydrogen-bond acceptors (Lipinski definition) is 3. The van der Waals surface area contributed by atoms with Crippen LogP contribution in [-0.4, -0.2) is 12.1 Å². The molecule has 0 radical (unpaired) electrons. The third-order valence-electron chi connectivity index (χ3n) is 3.76. The molecule has 24 heavy (non-hydrogen) atoms. The number of rotatable bonds is 4. The van der Waals surface area contributed by atoms with E-state index in [1.807, 2.05) is 6.07 Å². The molecule has 0 spiro atoms. The predicted molar refractivity (Wildman–Crippen MR) is 94.9 cm³/mol. The molecule has 2 N–H and O–H groups in total. The highest BCUT2D eigenvalue weighted by Gasteiger charge is 2.16. The van der Waals surface area contributed by atoms with Crippen molar-refractivity contribution in [2.24, 2.45) is 0 Å². The molecule has 0 aliphatic heterocycles. The highest BCUT2D eigenvalue weighted by atomic mass is 35.5. The first-order valence-corrected chi connectivity index (χ1v) is 7.78. The molecule has 0 unspecified atom stereocenters. The molecule has 3 nitrogen and oxygen atoms in total. The number of pyridine rings is 1. The topological polar surface area (TPSA) is 48.1 Å². The molecule has 1 aromatic heterocycles. The average Bonchev–Trinajstić information content (AvgIpc) is 2.58. The summed E-state index contributed by atoms with van der Waals surface area (Å²) in [5.41, 5.74) is 8.10. The molecule has 0 fully saturated rings. The summed E-state index contributed by atoms with van der Waals surface area (Å²) in [5.74, 6) is 0.580. The number of benzene rings is 2. The molecular formula is C19H16ClFN2O. The highest BCUT2D eigenvalue weighted by molar-refractivity contribution is 6.30. The average molecular weight is 343 g/mol. The van der Waals surface area contributed by atoms with Gasteiger partial charge in [-0.25, -0.2) is 9.37 Å². The Bertz CT molecular complexity index is 866. The van der Waals surface area contributed by atoms with Crippen molar-refractivity contribution in [3.05, 3.63) is 76.7 Å². The monoisotopic (exact) mass is 342 g/mol. The molecule has 3 aromatic rings. The molecule has 0 saturated heterocycles. The molecule has 5 heteroatoms. The van der Waals surface area contributed by atoms with Crippen molar-refractivity contribution in [2.75, 3.05) is 12.8 Å². The van der Waals surface area contributed by atoms with Crippen LogP contribution in [0.15, 0.2) is 54.7 Å². The van der Waals surface area contributed by atoms with Gasteiger partial charge in [0.1, 0.15) is 17.4 Å². The van der Waals surface area contributed by atoms with Gasteiger partial charge in [-0.15, -0.1) is 0 Å². The molecule has 122 valence electrons. The minimum Gasteiger partial charge on any atom is -0.496 e. The van der Waals surface area contributed by atoms with E-state index in [1.54, 1.807) is 48.7 Å². The highest BCUT2D eigenvalue weighted by Crippen LogP contribution is 2.36. The maximum absolute atomic E-state index is 15.1. The first kappa shape index (κ1) is 16.3. The Morgan fingerprint density at radius 2 is 2.00 bits per heavy atom. The summed E-state index contributed by atoms with van der Waals surface area (Å²) in [4.78, 5) is 4.04. The smallest absolute Gasteiger partial charge is 0.138 e. The van der Waals surface area contributed by atoms with E-state index in [0.717, 1.165) is 5.56 Å². The van der Waals surface area contributed by atoms with E-state index in [2.05, 4.69) is 4.98 Å². The van der Waals surface area contributed by atoms with E-state index in [-0.39, 0.29) is 5.82 Å². The lowest BCUT2D eigenvalue weighted by Gasteiger charge is -2.14. The van der Waals surface area contributed by atoms with Crippen LogP contribution in [-0.2, 0) is 6.42 Å². The van der Waals surface area contributed by atoms with Gasteiger partial charge in [0.25, 0.3) is 0 Å². The number of nitrogens with zero attached hydrogens (tertiary/aromatic N) is 1. The molecule has 0 aliphatic carbocycles. The number of anilines is 1. The number of ether oxygens (including phenoxy) is 1. The quantitative estimate of drug-likeness (QED) is 0.746. The van der Waals surface area contributed by atoms with E-state index < -0.39 is 0 Å². The van der Waals surface area contributed by atoms with Gasteiger partial charge in [0.05, 0.1) is 12.7 Å². The van der Waals surface area contributed by atoms with Gasteiger partial charge < -0.3 is 10.5 Å². The van der Waals surface area contributed by atoms with Crippen molar-refractivity contribution in [1.29, 1.82) is 0 Å². The Hall–Kier alpha value is -2.59. The summed E-state index contributed by atoms with van der Waals surface area (Å²) in [7, 11) is 1.52. The van der Waals surface area contributed by atoms with Crippen molar-refractivity contribution in [2.45, 2.75) is 6.42 Å². The fraction of sp³-hybridized carbons (Fsp3) is 0.105. The molecule has 1 heterocycles. The molecule has 0 bridgehead atoms. The van der Waals surface area contributed by atoms with Crippen molar-refractivity contribution in [1.82, 2.24) is 4.98 Å². The van der Waals surface area contributed by atoms with Gasteiger partial charge in [-0.2, -0.15) is 0 Å². The minimum absolute atomic E-state index is 0.326. The lowest BCUT2D eigenvalue weighted by Crippen LogP contribution is -1.99. The molecule has 0 amide bonds. The van der Waals surface area contributed by atoms with Crippen molar-refractivity contribution in [3.8, 4) is 16.9 Å². The summed E-state index contributed by atoms with van der Waals surface area (Å²) in [6, 6.07) is 14.1. The van der Waals surface area contributed by atoms with E-state index in [1.165, 1.54) is 7.11 Å². The largest absolute Gasteiger partial charge is 0.496 e. The fourth-order valence-corrected chi connectivity index (χ4v) is 2.77. The minimum atomic E-state index is -0.326. The fourth-order valence-electron chi connectivity index (χ4n) is 2.58. The Balaban J connectivity index is 2.06. The predicted octanol–water partition coefficient (Wildman–Crippen LogP) is 4.72. The lowest BCUT2D eigenvalue weighted by atomic mass is 9.97. The zero-order valence-electron chi connectivity index (χ0n) is 13.1. The molecule has 2 aromatic carbocycles. The van der Waals surface area contributed by atoms with Gasteiger partial charge in [-0.05, 0) is 41.0 Å². The van der Waals surface area contributed by atoms with Gasteiger partial charge in [0.15, 0.2) is 0 Å². The first-order valence-electron chi connectivity index (χ1n) is 7.40. The molecule has 0 atom stereocenters. The summed E-state index contributed by atoms with van der Waals surface area (Å²) in [6.07, 6.45) is 2.06. The summed E-state index contributed by atoms with van der Waals surface area (Å²) in [5, 5.41) is 0.544. The Labute approximate surface area is 144 Å². The van der Waals surface area contributed by atoms with Crippen LogP contribution in [0.1, 0.15) is 11.1 Å². The summed E-state index contributed by atoms with van der Waals surface area (Å²) >= 11 is 6.04. The van der Waals surface area contributed by atoms with Crippen LogP contribution in [0, 0.1) is 5.82 Å². The maximum atomic E-state index is 15.1. The zero-order chi connectivity index (χ0) is 17.1. The summed E-state index contributed by atoms with van der Waals surface area (Å²) in [6.45, 7) is 0. The number of nitrogen functional groups attached to an aromatic ring is 1. The van der Waals surface area contributed by atoms with Crippen molar-refractivity contribution in [3.63, 3.8) is 0 Å². The molecule has 0 saturated carbocycles. The third-order valence-corrected chi connectivity index (χ3v) is 3.99. The van der Waals surface area contributed by atoms with Gasteiger partial charge in [-0.3, -0.25) is 0 Å². The van der Waals surface area contributed by atoms with Crippen LogP contribution in [0.2, 0.25) is 5.02 Å². The van der Waals surface area contributed by atoms with Crippen LogP contribution in [0.3, 0.4) is 0 Å². The van der Waals surface area contributed by atoms with Crippen LogP contribution in [0.5, 0.6) is 5.75 Å². The Morgan fingerprint density at radius 1 is 1.17 bits per heavy atom. The molecule has 3 rings (SSSR count). The number of halogens is 2. The normalized spacial score (nSPS) is 10.6. The number of aromatic nitrogens is 1. The molecule has 0 aliphatic rings. The maximum Gasteiger partial charge on any atom is 0.138 e. The third kappa shape index (κ3) is 3.34. The zero-order valence-corrected chi connectivity index (χ0v) is 13.8. The standard InChI is InChI=1S/C19H16ClFN2O/c1-24-16-7-6-14(9-12-5-8-17(22)23-11-12)19(21)18(16)13-3-2-4-15(20)10-13/h2-8,10-11H,9H2,1H3,(H2,22,23). The second-order valence-electron chi connectivity index (χ2n) is 5.39. The summed E-state index contributed by atoms with van der Waals surface area (Å²) < 4.78 is 20.5. The van der Waals surface area contributed by atoms with E-state index in [4.69, 9.17) is 22.1 Å². The van der Waals surface area contributed by atoms with E-state index in [0.29, 0.717) is 39.7 Å². The number of nitrogens with two attached hydrogens (primary N) is 1. The second kappa shape index (κ2) is 6.89. The van der Waals surface area contributed by atoms with Crippen molar-refractivity contribution < 1.29 is 9.13 Å². The first-order chi connectivity index (χ1) is 11.6. The lowest BCUT2D eigenvalue weighted by molar-refractivity contribution is 0.413. The van der Waals surface area contributed by atoms with Gasteiger partial charge in [0, 0.05) is 17.6 Å². The van der Waals surface area contributed by atoms with Gasteiger partial charge in [-0.1, -0.05) is 35.9 Å². The van der Waals surface area contributed by atoms with Crippen LogP contribution in [0.4, 0.5) is 10.2 Å². The Morgan fingerprint density at radius 3 is 2.67 bits per heavy atom. The number of methoxy groups -OCH3 is 1. The second-order valence-corrected chi connectivity index (χ2v) is 5.83. The van der Waals surface area contributed by atoms with Crippen LogP contribution >= 0.6 is 11.6 Å². The van der Waals surface area contributed by atoms with E-state index >= 15 is 4.39 Å². The van der Waals surface area contributed by atoms with Crippen LogP contribution < -0.4 is 10.5 Å². The Kier molecular flexibility index (Phi) is 4.67. The SMILES string of the molecule is COc1ccc(Cc2ccc(N)nc2)c(F)c1-c1cccc(Cl)c1. The van der Waals surface area contributed by atoms with Gasteiger partial charge >= 0.3 is 0 Å².